The molecule has 0 aliphatic heterocycles. The fourth-order valence-corrected chi connectivity index (χ4v) is 3.70. The Bertz CT molecular complexity index is 745. The van der Waals surface area contributed by atoms with Gasteiger partial charge in [0.15, 0.2) is 0 Å². The summed E-state index contributed by atoms with van der Waals surface area (Å²) < 4.78 is 37.8. The van der Waals surface area contributed by atoms with E-state index in [0.717, 1.165) is 11.1 Å². The summed E-state index contributed by atoms with van der Waals surface area (Å²) in [4.78, 5) is 0.193. The van der Waals surface area contributed by atoms with E-state index >= 15 is 0 Å². The SMILES string of the molecule is CCOc1c(C)cc(S(=O)(=O)NCCC(O)c2ccoc2)cc1C. The number of hydrogen-bond acceptors (Lipinski definition) is 5. The molecule has 1 aromatic heterocycles. The summed E-state index contributed by atoms with van der Waals surface area (Å²) in [6.45, 7) is 6.17. The molecule has 6 nitrogen and oxygen atoms in total. The van der Waals surface area contributed by atoms with Crippen LogP contribution in [0, 0.1) is 13.8 Å². The maximum Gasteiger partial charge on any atom is 0.240 e. The van der Waals surface area contributed by atoms with Gasteiger partial charge in [-0.05, 0) is 56.5 Å². The Hall–Kier alpha value is -1.83. The maximum absolute atomic E-state index is 12.4. The van der Waals surface area contributed by atoms with Crippen LogP contribution in [0.15, 0.2) is 40.0 Å². The van der Waals surface area contributed by atoms with E-state index in [1.807, 2.05) is 20.8 Å². The van der Waals surface area contributed by atoms with E-state index in [4.69, 9.17) is 9.15 Å². The molecular formula is C17H23NO5S. The van der Waals surface area contributed by atoms with Crippen molar-refractivity contribution in [3.05, 3.63) is 47.4 Å². The average Bonchev–Trinajstić information content (AvgIpc) is 3.05. The molecule has 0 fully saturated rings. The zero-order valence-electron chi connectivity index (χ0n) is 14.1. The number of ether oxygens (including phenoxy) is 1. The van der Waals surface area contributed by atoms with Crippen LogP contribution in [0.4, 0.5) is 0 Å². The van der Waals surface area contributed by atoms with Gasteiger partial charge in [-0.15, -0.1) is 0 Å². The van der Waals surface area contributed by atoms with Crippen LogP contribution in [-0.4, -0.2) is 26.7 Å². The third kappa shape index (κ3) is 4.37. The first-order valence-electron chi connectivity index (χ1n) is 7.79. The lowest BCUT2D eigenvalue weighted by atomic mass is 10.1. The number of nitrogens with one attached hydrogen (secondary N) is 1. The van der Waals surface area contributed by atoms with E-state index in [1.165, 1.54) is 12.5 Å². The van der Waals surface area contributed by atoms with Gasteiger partial charge in [-0.2, -0.15) is 0 Å². The summed E-state index contributed by atoms with van der Waals surface area (Å²) in [6, 6.07) is 4.83. The van der Waals surface area contributed by atoms with Crippen molar-refractivity contribution in [2.45, 2.75) is 38.2 Å². The number of sulfonamides is 1. The number of benzene rings is 1. The number of rotatable bonds is 8. The lowest BCUT2D eigenvalue weighted by Gasteiger charge is -2.14. The summed E-state index contributed by atoms with van der Waals surface area (Å²) in [5.74, 6) is 0.715. The van der Waals surface area contributed by atoms with Gasteiger partial charge in [0.25, 0.3) is 0 Å². The summed E-state index contributed by atoms with van der Waals surface area (Å²) >= 11 is 0. The normalized spacial score (nSPS) is 13.0. The molecule has 1 unspecified atom stereocenters. The Morgan fingerprint density at radius 2 is 1.96 bits per heavy atom. The lowest BCUT2D eigenvalue weighted by molar-refractivity contribution is 0.168. The van der Waals surface area contributed by atoms with Crippen molar-refractivity contribution in [2.75, 3.05) is 13.2 Å². The van der Waals surface area contributed by atoms with Crippen LogP contribution in [0.3, 0.4) is 0 Å². The lowest BCUT2D eigenvalue weighted by Crippen LogP contribution is -2.26. The molecule has 0 radical (unpaired) electrons. The molecule has 1 heterocycles. The number of hydrogen-bond donors (Lipinski definition) is 2. The first-order valence-corrected chi connectivity index (χ1v) is 9.27. The summed E-state index contributed by atoms with van der Waals surface area (Å²) in [5, 5.41) is 9.95. The first kappa shape index (κ1) is 18.5. The largest absolute Gasteiger partial charge is 0.493 e. The quantitative estimate of drug-likeness (QED) is 0.762. The van der Waals surface area contributed by atoms with Gasteiger partial charge in [0.2, 0.25) is 10.0 Å². The molecule has 2 N–H and O–H groups in total. The van der Waals surface area contributed by atoms with E-state index in [-0.39, 0.29) is 17.9 Å². The standard InChI is InChI=1S/C17H23NO5S/c1-4-23-17-12(2)9-15(10-13(17)3)24(20,21)18-7-5-16(19)14-6-8-22-11-14/h6,8-11,16,18-19H,4-5,7H2,1-3H3. The van der Waals surface area contributed by atoms with Crippen LogP contribution in [0.5, 0.6) is 5.75 Å². The van der Waals surface area contributed by atoms with Gasteiger partial charge >= 0.3 is 0 Å². The molecule has 0 saturated carbocycles. The van der Waals surface area contributed by atoms with Crippen LogP contribution < -0.4 is 9.46 Å². The first-order chi connectivity index (χ1) is 11.3. The molecule has 0 bridgehead atoms. The zero-order chi connectivity index (χ0) is 17.7. The molecule has 0 saturated heterocycles. The molecular weight excluding hydrogens is 330 g/mol. The van der Waals surface area contributed by atoms with Crippen molar-refractivity contribution >= 4 is 10.0 Å². The number of aryl methyl sites for hydroxylation is 2. The third-order valence-corrected chi connectivity index (χ3v) is 5.11. The van der Waals surface area contributed by atoms with Gasteiger partial charge in [-0.25, -0.2) is 13.1 Å². The highest BCUT2D eigenvalue weighted by Gasteiger charge is 2.18. The van der Waals surface area contributed by atoms with Gasteiger partial charge < -0.3 is 14.3 Å². The topological polar surface area (TPSA) is 88.8 Å². The van der Waals surface area contributed by atoms with E-state index in [0.29, 0.717) is 17.9 Å². The Morgan fingerprint density at radius 3 is 2.50 bits per heavy atom. The van der Waals surface area contributed by atoms with Crippen molar-refractivity contribution in [3.8, 4) is 5.75 Å². The van der Waals surface area contributed by atoms with E-state index in [1.54, 1.807) is 18.2 Å². The minimum absolute atomic E-state index is 0.125. The highest BCUT2D eigenvalue weighted by molar-refractivity contribution is 7.89. The molecule has 1 atom stereocenters. The van der Waals surface area contributed by atoms with Crippen molar-refractivity contribution < 1.29 is 22.7 Å². The van der Waals surface area contributed by atoms with Gasteiger partial charge in [0.1, 0.15) is 5.75 Å². The monoisotopic (exact) mass is 353 g/mol. The predicted octanol–water partition coefficient (Wildman–Crippen LogP) is 2.70. The van der Waals surface area contributed by atoms with Crippen molar-refractivity contribution in [1.29, 1.82) is 0 Å². The molecule has 1 aromatic carbocycles. The maximum atomic E-state index is 12.4. The molecule has 0 aliphatic carbocycles. The molecule has 24 heavy (non-hydrogen) atoms. The van der Waals surface area contributed by atoms with Crippen LogP contribution >= 0.6 is 0 Å². The Balaban J connectivity index is 2.05. The molecule has 0 amide bonds. The van der Waals surface area contributed by atoms with Gasteiger partial charge in [0.05, 0.1) is 30.1 Å². The molecule has 7 heteroatoms. The van der Waals surface area contributed by atoms with E-state index in [2.05, 4.69) is 4.72 Å². The fourth-order valence-electron chi connectivity index (χ4n) is 2.48. The number of aliphatic hydroxyl groups excluding tert-OH is 1. The molecule has 2 rings (SSSR count). The highest BCUT2D eigenvalue weighted by Crippen LogP contribution is 2.27. The summed E-state index contributed by atoms with van der Waals surface area (Å²) in [6.07, 6.45) is 2.40. The Labute approximate surface area is 142 Å². The minimum atomic E-state index is -3.64. The van der Waals surface area contributed by atoms with Crippen LogP contribution in [-0.2, 0) is 10.0 Å². The number of furan rings is 1. The van der Waals surface area contributed by atoms with Crippen molar-refractivity contribution in [2.24, 2.45) is 0 Å². The molecule has 132 valence electrons. The van der Waals surface area contributed by atoms with Gasteiger partial charge in [-0.3, -0.25) is 0 Å². The van der Waals surface area contributed by atoms with Crippen molar-refractivity contribution in [3.63, 3.8) is 0 Å². The molecule has 2 aromatic rings. The van der Waals surface area contributed by atoms with Gasteiger partial charge in [0, 0.05) is 12.1 Å². The number of aliphatic hydroxyl groups is 1. The van der Waals surface area contributed by atoms with Crippen LogP contribution in [0.1, 0.15) is 36.1 Å². The van der Waals surface area contributed by atoms with Crippen molar-refractivity contribution in [1.82, 2.24) is 4.72 Å². The second-order valence-electron chi connectivity index (χ2n) is 5.58. The van der Waals surface area contributed by atoms with E-state index < -0.39 is 16.1 Å². The van der Waals surface area contributed by atoms with E-state index in [9.17, 15) is 13.5 Å². The summed E-state index contributed by atoms with van der Waals surface area (Å²) in [7, 11) is -3.64. The Morgan fingerprint density at radius 1 is 1.29 bits per heavy atom. The third-order valence-electron chi connectivity index (χ3n) is 3.67. The fraction of sp³-hybridized carbons (Fsp3) is 0.412. The van der Waals surface area contributed by atoms with Crippen LogP contribution in [0.2, 0.25) is 0 Å². The van der Waals surface area contributed by atoms with Crippen LogP contribution in [0.25, 0.3) is 0 Å². The average molecular weight is 353 g/mol. The second-order valence-corrected chi connectivity index (χ2v) is 7.35. The minimum Gasteiger partial charge on any atom is -0.493 e. The smallest absolute Gasteiger partial charge is 0.240 e. The molecule has 0 spiro atoms. The molecule has 0 aliphatic rings. The second kappa shape index (κ2) is 7.83. The van der Waals surface area contributed by atoms with Gasteiger partial charge in [-0.1, -0.05) is 0 Å². The summed E-state index contributed by atoms with van der Waals surface area (Å²) in [5.41, 5.74) is 2.17. The Kier molecular flexibility index (Phi) is 6.04. The highest BCUT2D eigenvalue weighted by atomic mass is 32.2. The zero-order valence-corrected chi connectivity index (χ0v) is 14.9. The predicted molar refractivity (Wildman–Crippen MR) is 90.6 cm³/mol.